The maximum atomic E-state index is 12.9. The third kappa shape index (κ3) is 5.11. The Morgan fingerprint density at radius 1 is 0.621 bits per heavy atom. The van der Waals surface area contributed by atoms with E-state index in [1.54, 1.807) is 60.7 Å². The number of hydrogen-bond acceptors (Lipinski definition) is 4. The van der Waals surface area contributed by atoms with Crippen molar-refractivity contribution in [1.29, 1.82) is 0 Å². The van der Waals surface area contributed by atoms with Gasteiger partial charge in [0.1, 0.15) is 0 Å². The minimum atomic E-state index is -1.64. The lowest BCUT2D eigenvalue weighted by molar-refractivity contribution is -0.130. The predicted octanol–water partition coefficient (Wildman–Crippen LogP) is 3.25. The highest BCUT2D eigenvalue weighted by atomic mass is 16.2. The second-order valence-corrected chi connectivity index (χ2v) is 6.47. The molecule has 2 amide bonds. The first kappa shape index (κ1) is 19.9. The van der Waals surface area contributed by atoms with Gasteiger partial charge in [0, 0.05) is 11.1 Å². The van der Waals surface area contributed by atoms with Crippen LogP contribution in [-0.4, -0.2) is 23.4 Å². The van der Waals surface area contributed by atoms with Crippen LogP contribution in [0.25, 0.3) is 0 Å². The van der Waals surface area contributed by atoms with E-state index in [1.807, 2.05) is 6.07 Å². The summed E-state index contributed by atoms with van der Waals surface area (Å²) in [6.45, 7) is 0. The van der Waals surface area contributed by atoms with Crippen LogP contribution in [0.15, 0.2) is 91.0 Å². The van der Waals surface area contributed by atoms with E-state index in [4.69, 9.17) is 0 Å². The zero-order chi connectivity index (χ0) is 20.6. The summed E-state index contributed by atoms with van der Waals surface area (Å²) >= 11 is 0. The second-order valence-electron chi connectivity index (χ2n) is 6.47. The zero-order valence-electron chi connectivity index (χ0n) is 15.6. The number of ketones is 2. The van der Waals surface area contributed by atoms with E-state index < -0.39 is 29.3 Å². The SMILES string of the molecule is O=C(Cc1ccccc1)NC(=O)C(C(=O)c1ccccc1)C(=O)c1ccccc1. The molecule has 0 bridgehead atoms. The number of carbonyl (C=O) groups is 4. The topological polar surface area (TPSA) is 80.3 Å². The Hall–Kier alpha value is -3.86. The lowest BCUT2D eigenvalue weighted by Gasteiger charge is -2.15. The van der Waals surface area contributed by atoms with Crippen molar-refractivity contribution in [3.63, 3.8) is 0 Å². The summed E-state index contributed by atoms with van der Waals surface area (Å²) in [5.74, 6) is -4.44. The normalized spacial score (nSPS) is 10.4. The number of Topliss-reactive ketones (excluding diaryl/α,β-unsaturated/α-hetero) is 2. The molecule has 0 unspecified atom stereocenters. The van der Waals surface area contributed by atoms with Gasteiger partial charge in [0.05, 0.1) is 6.42 Å². The molecule has 0 atom stereocenters. The highest BCUT2D eigenvalue weighted by Gasteiger charge is 2.36. The molecule has 1 N–H and O–H groups in total. The fourth-order valence-corrected chi connectivity index (χ4v) is 2.93. The molecular weight excluding hydrogens is 366 g/mol. The van der Waals surface area contributed by atoms with Crippen LogP contribution in [0.4, 0.5) is 0 Å². The largest absolute Gasteiger partial charge is 0.295 e. The van der Waals surface area contributed by atoms with Gasteiger partial charge in [-0.25, -0.2) is 0 Å². The van der Waals surface area contributed by atoms with E-state index in [1.165, 1.54) is 24.3 Å². The summed E-state index contributed by atoms with van der Waals surface area (Å²) in [7, 11) is 0. The van der Waals surface area contributed by atoms with Gasteiger partial charge < -0.3 is 0 Å². The Labute approximate surface area is 168 Å². The molecule has 5 heteroatoms. The van der Waals surface area contributed by atoms with Crippen molar-refractivity contribution in [2.24, 2.45) is 5.92 Å². The Morgan fingerprint density at radius 2 is 1.03 bits per heavy atom. The van der Waals surface area contributed by atoms with Crippen molar-refractivity contribution >= 4 is 23.4 Å². The quantitative estimate of drug-likeness (QED) is 0.500. The van der Waals surface area contributed by atoms with Gasteiger partial charge in [0.15, 0.2) is 17.5 Å². The summed E-state index contributed by atoms with van der Waals surface area (Å²) < 4.78 is 0. The molecule has 0 aliphatic rings. The summed E-state index contributed by atoms with van der Waals surface area (Å²) in [5.41, 5.74) is 1.18. The van der Waals surface area contributed by atoms with Crippen LogP contribution in [0.1, 0.15) is 26.3 Å². The average molecular weight is 385 g/mol. The Balaban J connectivity index is 1.84. The van der Waals surface area contributed by atoms with Gasteiger partial charge in [0.25, 0.3) is 0 Å². The number of imide groups is 1. The third-order valence-electron chi connectivity index (χ3n) is 4.37. The molecule has 0 radical (unpaired) electrons. The summed E-state index contributed by atoms with van der Waals surface area (Å²) in [6, 6.07) is 25.1. The Morgan fingerprint density at radius 3 is 1.48 bits per heavy atom. The van der Waals surface area contributed by atoms with E-state index in [-0.39, 0.29) is 17.5 Å². The van der Waals surface area contributed by atoms with Crippen molar-refractivity contribution in [2.45, 2.75) is 6.42 Å². The lowest BCUT2D eigenvalue weighted by atomic mass is 9.89. The lowest BCUT2D eigenvalue weighted by Crippen LogP contribution is -2.43. The van der Waals surface area contributed by atoms with Crippen LogP contribution >= 0.6 is 0 Å². The fraction of sp³-hybridized carbons (Fsp3) is 0.0833. The first-order chi connectivity index (χ1) is 14.1. The third-order valence-corrected chi connectivity index (χ3v) is 4.37. The first-order valence-electron chi connectivity index (χ1n) is 9.12. The smallest absolute Gasteiger partial charge is 0.245 e. The van der Waals surface area contributed by atoms with Crippen molar-refractivity contribution in [1.82, 2.24) is 5.32 Å². The van der Waals surface area contributed by atoms with Crippen molar-refractivity contribution < 1.29 is 19.2 Å². The van der Waals surface area contributed by atoms with Crippen LogP contribution < -0.4 is 5.32 Å². The van der Waals surface area contributed by atoms with Gasteiger partial charge >= 0.3 is 0 Å². The summed E-state index contributed by atoms with van der Waals surface area (Å²) in [5, 5.41) is 2.21. The van der Waals surface area contributed by atoms with Gasteiger partial charge in [-0.15, -0.1) is 0 Å². The zero-order valence-corrected chi connectivity index (χ0v) is 15.6. The highest BCUT2D eigenvalue weighted by molar-refractivity contribution is 6.29. The molecule has 5 nitrogen and oxygen atoms in total. The Kier molecular flexibility index (Phi) is 6.43. The van der Waals surface area contributed by atoms with E-state index in [0.717, 1.165) is 5.56 Å². The van der Waals surface area contributed by atoms with Crippen molar-refractivity contribution in [3.05, 3.63) is 108 Å². The summed E-state index contributed by atoms with van der Waals surface area (Å²) in [6.07, 6.45) is -0.0294. The number of amides is 2. The van der Waals surface area contributed by atoms with Crippen LogP contribution in [0, 0.1) is 5.92 Å². The van der Waals surface area contributed by atoms with Gasteiger partial charge in [-0.3, -0.25) is 24.5 Å². The first-order valence-corrected chi connectivity index (χ1v) is 9.12. The molecule has 0 fully saturated rings. The molecule has 0 spiro atoms. The molecule has 0 aliphatic heterocycles. The Bertz CT molecular complexity index is 963. The van der Waals surface area contributed by atoms with Crippen LogP contribution in [-0.2, 0) is 16.0 Å². The monoisotopic (exact) mass is 385 g/mol. The van der Waals surface area contributed by atoms with Crippen molar-refractivity contribution in [2.75, 3.05) is 0 Å². The molecule has 3 aromatic carbocycles. The summed E-state index contributed by atoms with van der Waals surface area (Å²) in [4.78, 5) is 51.0. The molecular formula is C24H19NO4. The molecule has 29 heavy (non-hydrogen) atoms. The standard InChI is InChI=1S/C24H19NO4/c26-20(16-17-10-4-1-5-11-17)25-24(29)21(22(27)18-12-6-2-7-13-18)23(28)19-14-8-3-9-15-19/h1-15,21H,16H2,(H,25,26,29). The van der Waals surface area contributed by atoms with Crippen molar-refractivity contribution in [3.8, 4) is 0 Å². The number of benzene rings is 3. The van der Waals surface area contributed by atoms with Crippen LogP contribution in [0.2, 0.25) is 0 Å². The van der Waals surface area contributed by atoms with Gasteiger partial charge in [-0.2, -0.15) is 0 Å². The van der Waals surface area contributed by atoms with E-state index in [0.29, 0.717) is 0 Å². The van der Waals surface area contributed by atoms with Gasteiger partial charge in [-0.05, 0) is 5.56 Å². The second kappa shape index (κ2) is 9.37. The highest BCUT2D eigenvalue weighted by Crippen LogP contribution is 2.16. The number of rotatable bonds is 7. The fourth-order valence-electron chi connectivity index (χ4n) is 2.93. The minimum Gasteiger partial charge on any atom is -0.295 e. The van der Waals surface area contributed by atoms with E-state index in [9.17, 15) is 19.2 Å². The molecule has 0 aliphatic carbocycles. The maximum absolute atomic E-state index is 12.9. The van der Waals surface area contributed by atoms with Crippen LogP contribution in [0.3, 0.4) is 0 Å². The van der Waals surface area contributed by atoms with E-state index in [2.05, 4.69) is 5.32 Å². The molecule has 0 saturated carbocycles. The van der Waals surface area contributed by atoms with Gasteiger partial charge in [0.2, 0.25) is 11.8 Å². The average Bonchev–Trinajstić information content (AvgIpc) is 2.75. The molecule has 0 heterocycles. The molecule has 144 valence electrons. The maximum Gasteiger partial charge on any atom is 0.245 e. The molecule has 3 rings (SSSR count). The predicted molar refractivity (Wildman–Crippen MR) is 108 cm³/mol. The number of hydrogen-bond donors (Lipinski definition) is 1. The number of nitrogens with one attached hydrogen (secondary N) is 1. The molecule has 0 saturated heterocycles. The minimum absolute atomic E-state index is 0.0294. The molecule has 3 aromatic rings. The van der Waals surface area contributed by atoms with Crippen LogP contribution in [0.5, 0.6) is 0 Å². The number of carbonyl (C=O) groups excluding carboxylic acids is 4. The molecule has 0 aromatic heterocycles. The van der Waals surface area contributed by atoms with E-state index >= 15 is 0 Å². The van der Waals surface area contributed by atoms with Gasteiger partial charge in [-0.1, -0.05) is 91.0 Å².